The van der Waals surface area contributed by atoms with Gasteiger partial charge in [-0.1, -0.05) is 0 Å². The molecule has 0 aliphatic heterocycles. The highest BCUT2D eigenvalue weighted by Gasteiger charge is 2.28. The van der Waals surface area contributed by atoms with Gasteiger partial charge in [0.05, 0.1) is 18.5 Å². The van der Waals surface area contributed by atoms with Crippen LogP contribution in [0.4, 0.5) is 0 Å². The van der Waals surface area contributed by atoms with Gasteiger partial charge in [-0.2, -0.15) is 0 Å². The molecule has 0 spiro atoms. The summed E-state index contributed by atoms with van der Waals surface area (Å²) in [5.41, 5.74) is 0. The van der Waals surface area contributed by atoms with Crippen LogP contribution < -0.4 is 0 Å². The number of rotatable bonds is 5. The van der Waals surface area contributed by atoms with Crippen LogP contribution in [0.25, 0.3) is 0 Å². The highest BCUT2D eigenvalue weighted by atomic mass is 16.5. The molecule has 0 heterocycles. The van der Waals surface area contributed by atoms with Gasteiger partial charge in [-0.25, -0.2) is 0 Å². The molecule has 1 aliphatic carbocycles. The van der Waals surface area contributed by atoms with Crippen molar-refractivity contribution in [3.8, 4) is 0 Å². The average molecular weight is 184 g/mol. The van der Waals surface area contributed by atoms with Crippen LogP contribution in [-0.4, -0.2) is 37.0 Å². The van der Waals surface area contributed by atoms with Crippen LogP contribution in [0.3, 0.4) is 0 Å². The normalized spacial score (nSPS) is 16.3. The van der Waals surface area contributed by atoms with E-state index in [1.165, 1.54) is 12.8 Å². The predicted molar refractivity (Wildman–Crippen MR) is 54.2 cm³/mol. The maximum Gasteiger partial charge on any atom is 0.0987 e. The van der Waals surface area contributed by atoms with Gasteiger partial charge < -0.3 is 9.64 Å². The minimum atomic E-state index is 0.295. The van der Waals surface area contributed by atoms with Crippen molar-refractivity contribution in [2.45, 2.75) is 32.8 Å². The topological polar surface area (TPSA) is 36.3 Å². The first-order chi connectivity index (χ1) is 6.11. The molecule has 1 aliphatic rings. The number of nitrogens with one attached hydrogen (secondary N) is 1. The average Bonchev–Trinajstić information content (AvgIpc) is 2.84. The van der Waals surface area contributed by atoms with E-state index >= 15 is 0 Å². The van der Waals surface area contributed by atoms with E-state index in [0.29, 0.717) is 12.0 Å². The zero-order valence-corrected chi connectivity index (χ0v) is 8.84. The van der Waals surface area contributed by atoms with Crippen LogP contribution in [0.1, 0.15) is 26.7 Å². The standard InChI is InChI=1S/C10H20N2O/c1-8(2)13-7-6-12(3)10(11)9-4-5-9/h8-9,11H,4-7H2,1-3H3. The Morgan fingerprint density at radius 3 is 2.62 bits per heavy atom. The summed E-state index contributed by atoms with van der Waals surface area (Å²) in [7, 11) is 1.98. The second-order valence-corrected chi connectivity index (χ2v) is 4.00. The lowest BCUT2D eigenvalue weighted by Gasteiger charge is -2.20. The predicted octanol–water partition coefficient (Wildman–Crippen LogP) is 1.73. The summed E-state index contributed by atoms with van der Waals surface area (Å²) in [4.78, 5) is 2.00. The lowest BCUT2D eigenvalue weighted by molar-refractivity contribution is 0.0721. The van der Waals surface area contributed by atoms with Crippen LogP contribution in [0.5, 0.6) is 0 Å². The smallest absolute Gasteiger partial charge is 0.0987 e. The highest BCUT2D eigenvalue weighted by Crippen LogP contribution is 2.30. The zero-order chi connectivity index (χ0) is 9.84. The van der Waals surface area contributed by atoms with E-state index in [-0.39, 0.29) is 0 Å². The van der Waals surface area contributed by atoms with E-state index in [1.54, 1.807) is 0 Å². The molecule has 13 heavy (non-hydrogen) atoms. The SMILES string of the molecule is CC(C)OCCN(C)C(=N)C1CC1. The van der Waals surface area contributed by atoms with E-state index in [2.05, 4.69) is 0 Å². The van der Waals surface area contributed by atoms with Crippen LogP contribution >= 0.6 is 0 Å². The van der Waals surface area contributed by atoms with E-state index < -0.39 is 0 Å². The van der Waals surface area contributed by atoms with Crippen molar-refractivity contribution in [1.29, 1.82) is 5.41 Å². The molecule has 0 aromatic rings. The first-order valence-electron chi connectivity index (χ1n) is 5.02. The number of ether oxygens (including phenoxy) is 1. The minimum Gasteiger partial charge on any atom is -0.377 e. The second kappa shape index (κ2) is 4.61. The Labute approximate surface area is 80.6 Å². The van der Waals surface area contributed by atoms with Gasteiger partial charge in [0.2, 0.25) is 0 Å². The van der Waals surface area contributed by atoms with Crippen molar-refractivity contribution in [3.05, 3.63) is 0 Å². The van der Waals surface area contributed by atoms with Crippen molar-refractivity contribution in [2.24, 2.45) is 5.92 Å². The van der Waals surface area contributed by atoms with Crippen molar-refractivity contribution >= 4 is 5.84 Å². The Hall–Kier alpha value is -0.570. The zero-order valence-electron chi connectivity index (χ0n) is 8.84. The Balaban J connectivity index is 2.09. The number of likely N-dealkylation sites (N-methyl/N-ethyl adjacent to an activating group) is 1. The maximum absolute atomic E-state index is 7.77. The molecule has 76 valence electrons. The summed E-state index contributed by atoms with van der Waals surface area (Å²) in [5, 5.41) is 7.77. The quantitative estimate of drug-likeness (QED) is 0.522. The molecule has 0 radical (unpaired) electrons. The largest absolute Gasteiger partial charge is 0.377 e. The van der Waals surface area contributed by atoms with Gasteiger partial charge in [0.15, 0.2) is 0 Å². The molecule has 0 aromatic carbocycles. The van der Waals surface area contributed by atoms with Gasteiger partial charge in [0.1, 0.15) is 0 Å². The molecule has 0 unspecified atom stereocenters. The Morgan fingerprint density at radius 1 is 1.54 bits per heavy atom. The van der Waals surface area contributed by atoms with Crippen molar-refractivity contribution in [2.75, 3.05) is 20.2 Å². The van der Waals surface area contributed by atoms with E-state index in [9.17, 15) is 0 Å². The van der Waals surface area contributed by atoms with Gasteiger partial charge in [0, 0.05) is 19.5 Å². The van der Waals surface area contributed by atoms with Crippen LogP contribution in [0, 0.1) is 11.3 Å². The molecule has 0 aromatic heterocycles. The molecule has 1 saturated carbocycles. The van der Waals surface area contributed by atoms with Crippen molar-refractivity contribution in [3.63, 3.8) is 0 Å². The van der Waals surface area contributed by atoms with Crippen LogP contribution in [0.15, 0.2) is 0 Å². The molecule has 0 amide bonds. The molecule has 0 saturated heterocycles. The van der Waals surface area contributed by atoms with Crippen LogP contribution in [0.2, 0.25) is 0 Å². The highest BCUT2D eigenvalue weighted by molar-refractivity contribution is 5.83. The lowest BCUT2D eigenvalue weighted by Crippen LogP contribution is -2.31. The number of hydrogen-bond acceptors (Lipinski definition) is 2. The van der Waals surface area contributed by atoms with E-state index in [4.69, 9.17) is 10.1 Å². The summed E-state index contributed by atoms with van der Waals surface area (Å²) < 4.78 is 5.42. The third kappa shape index (κ3) is 3.77. The minimum absolute atomic E-state index is 0.295. The van der Waals surface area contributed by atoms with Crippen LogP contribution in [-0.2, 0) is 4.74 Å². The Morgan fingerprint density at radius 2 is 2.15 bits per heavy atom. The molecule has 1 N–H and O–H groups in total. The van der Waals surface area contributed by atoms with Gasteiger partial charge in [-0.15, -0.1) is 0 Å². The van der Waals surface area contributed by atoms with Gasteiger partial charge in [-0.05, 0) is 26.7 Å². The fraction of sp³-hybridized carbons (Fsp3) is 0.900. The molecule has 3 heteroatoms. The fourth-order valence-corrected chi connectivity index (χ4v) is 1.21. The van der Waals surface area contributed by atoms with E-state index in [0.717, 1.165) is 19.0 Å². The second-order valence-electron chi connectivity index (χ2n) is 4.00. The summed E-state index contributed by atoms with van der Waals surface area (Å²) >= 11 is 0. The third-order valence-electron chi connectivity index (χ3n) is 2.25. The number of amidine groups is 1. The summed E-state index contributed by atoms with van der Waals surface area (Å²) in [6, 6.07) is 0. The number of hydrogen-bond donors (Lipinski definition) is 1. The first kappa shape index (κ1) is 10.5. The maximum atomic E-state index is 7.77. The summed E-state index contributed by atoms with van der Waals surface area (Å²) in [6.45, 7) is 5.63. The molecule has 3 nitrogen and oxygen atoms in total. The van der Waals surface area contributed by atoms with Crippen molar-refractivity contribution < 1.29 is 4.74 Å². The molecule has 0 bridgehead atoms. The Bertz CT molecular complexity index is 176. The van der Waals surface area contributed by atoms with Gasteiger partial charge >= 0.3 is 0 Å². The number of nitrogens with zero attached hydrogens (tertiary/aromatic N) is 1. The van der Waals surface area contributed by atoms with Gasteiger partial charge in [-0.3, -0.25) is 5.41 Å². The lowest BCUT2D eigenvalue weighted by atomic mass is 10.3. The summed E-state index contributed by atoms with van der Waals surface area (Å²) in [6.07, 6.45) is 2.70. The third-order valence-corrected chi connectivity index (χ3v) is 2.25. The fourth-order valence-electron chi connectivity index (χ4n) is 1.21. The van der Waals surface area contributed by atoms with Gasteiger partial charge in [0.25, 0.3) is 0 Å². The molecular weight excluding hydrogens is 164 g/mol. The first-order valence-corrected chi connectivity index (χ1v) is 5.02. The molecular formula is C10H20N2O. The monoisotopic (exact) mass is 184 g/mol. The molecule has 1 fully saturated rings. The Kier molecular flexibility index (Phi) is 3.72. The van der Waals surface area contributed by atoms with E-state index in [1.807, 2.05) is 25.8 Å². The summed E-state index contributed by atoms with van der Waals surface area (Å²) in [5.74, 6) is 1.33. The molecule has 1 rings (SSSR count). The molecule has 0 atom stereocenters. The van der Waals surface area contributed by atoms with Crippen molar-refractivity contribution in [1.82, 2.24) is 4.90 Å².